The van der Waals surface area contributed by atoms with Crippen LogP contribution < -0.4 is 5.73 Å². The minimum Gasteiger partial charge on any atom is -0.326 e. The van der Waals surface area contributed by atoms with Crippen molar-refractivity contribution in [3.63, 3.8) is 0 Å². The van der Waals surface area contributed by atoms with E-state index in [2.05, 4.69) is 53.0 Å². The summed E-state index contributed by atoms with van der Waals surface area (Å²) in [7, 11) is 0. The summed E-state index contributed by atoms with van der Waals surface area (Å²) in [6, 6.07) is 3.48. The maximum Gasteiger partial charge on any atom is 0.0596 e. The minimum absolute atomic E-state index is 0.224. The van der Waals surface area contributed by atoms with Gasteiger partial charge >= 0.3 is 0 Å². The molecule has 0 radical (unpaired) electrons. The Morgan fingerprint density at radius 1 is 1.53 bits per heavy atom. The van der Waals surface area contributed by atoms with E-state index in [1.165, 1.54) is 28.7 Å². The molecule has 19 heavy (non-hydrogen) atoms. The van der Waals surface area contributed by atoms with Gasteiger partial charge < -0.3 is 5.73 Å². The minimum atomic E-state index is 0.224. The van der Waals surface area contributed by atoms with Gasteiger partial charge in [-0.25, -0.2) is 0 Å². The Hall–Kier alpha value is 0.1000. The van der Waals surface area contributed by atoms with Gasteiger partial charge in [0.05, 0.1) is 6.04 Å². The second-order valence-electron chi connectivity index (χ2n) is 5.90. The van der Waals surface area contributed by atoms with Crippen molar-refractivity contribution >= 4 is 27.3 Å². The van der Waals surface area contributed by atoms with E-state index in [0.717, 1.165) is 12.3 Å². The summed E-state index contributed by atoms with van der Waals surface area (Å²) in [5.74, 6) is 0.847. The van der Waals surface area contributed by atoms with Gasteiger partial charge in [0.1, 0.15) is 0 Å². The molecule has 4 heteroatoms. The number of halogens is 1. The molecule has 0 spiro atoms. The van der Waals surface area contributed by atoms with Crippen LogP contribution in [0.4, 0.5) is 0 Å². The van der Waals surface area contributed by atoms with Gasteiger partial charge in [-0.15, -0.1) is 11.3 Å². The topological polar surface area (TPSA) is 29.3 Å². The van der Waals surface area contributed by atoms with Crippen LogP contribution in [-0.2, 0) is 0 Å². The van der Waals surface area contributed by atoms with Crippen LogP contribution >= 0.6 is 27.3 Å². The quantitative estimate of drug-likeness (QED) is 0.876. The number of likely N-dealkylation sites (tertiary alicyclic amines) is 1. The molecule has 1 aromatic heterocycles. The summed E-state index contributed by atoms with van der Waals surface area (Å²) in [6.45, 7) is 8.09. The van der Waals surface area contributed by atoms with E-state index in [9.17, 15) is 0 Å². The van der Waals surface area contributed by atoms with Crippen LogP contribution in [0.3, 0.4) is 0 Å². The molecule has 4 atom stereocenters. The molecule has 0 aliphatic carbocycles. The van der Waals surface area contributed by atoms with E-state index in [4.69, 9.17) is 5.73 Å². The number of rotatable bonds is 4. The van der Waals surface area contributed by atoms with Crippen molar-refractivity contribution in [1.82, 2.24) is 4.90 Å². The number of thiophene rings is 1. The number of hydrogen-bond donors (Lipinski definition) is 1. The lowest BCUT2D eigenvalue weighted by Gasteiger charge is -2.43. The zero-order valence-electron chi connectivity index (χ0n) is 12.1. The third kappa shape index (κ3) is 3.60. The fourth-order valence-corrected chi connectivity index (χ4v) is 4.81. The van der Waals surface area contributed by atoms with Crippen LogP contribution in [0.25, 0.3) is 0 Å². The molecule has 2 rings (SSSR count). The van der Waals surface area contributed by atoms with Gasteiger partial charge in [-0.05, 0) is 60.6 Å². The van der Waals surface area contributed by atoms with Gasteiger partial charge in [-0.1, -0.05) is 13.8 Å². The lowest BCUT2D eigenvalue weighted by Crippen LogP contribution is -2.48. The molecule has 1 aromatic rings. The first-order chi connectivity index (χ1) is 9.02. The van der Waals surface area contributed by atoms with Gasteiger partial charge in [0.2, 0.25) is 0 Å². The molecular weight excluding hydrogens is 320 g/mol. The lowest BCUT2D eigenvalue weighted by molar-refractivity contribution is 0.0689. The molecule has 1 aliphatic heterocycles. The predicted octanol–water partition coefficient (Wildman–Crippen LogP) is 4.41. The average Bonchev–Trinajstić information content (AvgIpc) is 2.78. The zero-order valence-corrected chi connectivity index (χ0v) is 14.5. The highest BCUT2D eigenvalue weighted by Gasteiger charge is 2.33. The molecule has 1 aliphatic rings. The SMILES string of the molecule is CCC(N)C(c1cc(Br)cs1)N1CCC(C)CC1C. The molecular formula is C15H25BrN2S. The monoisotopic (exact) mass is 344 g/mol. The van der Waals surface area contributed by atoms with E-state index in [1.54, 1.807) is 0 Å². The highest BCUT2D eigenvalue weighted by atomic mass is 79.9. The molecule has 2 N–H and O–H groups in total. The third-order valence-corrected chi connectivity index (χ3v) is 6.07. The fourth-order valence-electron chi connectivity index (χ4n) is 3.17. The van der Waals surface area contributed by atoms with Crippen LogP contribution in [0.2, 0.25) is 0 Å². The van der Waals surface area contributed by atoms with Crippen molar-refractivity contribution in [3.05, 3.63) is 20.8 Å². The normalized spacial score (nSPS) is 28.3. The number of nitrogens with two attached hydrogens (primary N) is 1. The Kier molecular flexibility index (Phi) is 5.46. The van der Waals surface area contributed by atoms with E-state index >= 15 is 0 Å². The maximum atomic E-state index is 6.44. The second kappa shape index (κ2) is 6.70. The Morgan fingerprint density at radius 3 is 2.79 bits per heavy atom. The number of piperidine rings is 1. The maximum absolute atomic E-state index is 6.44. The molecule has 0 bridgehead atoms. The van der Waals surface area contributed by atoms with Crippen molar-refractivity contribution in [3.8, 4) is 0 Å². The van der Waals surface area contributed by atoms with Crippen molar-refractivity contribution in [2.45, 2.75) is 58.2 Å². The summed E-state index contributed by atoms with van der Waals surface area (Å²) in [5.41, 5.74) is 6.44. The zero-order chi connectivity index (χ0) is 14.0. The molecule has 1 fully saturated rings. The first-order valence-corrected chi connectivity index (χ1v) is 8.95. The smallest absolute Gasteiger partial charge is 0.0596 e. The molecule has 0 saturated carbocycles. The first-order valence-electron chi connectivity index (χ1n) is 7.28. The lowest BCUT2D eigenvalue weighted by atomic mass is 9.90. The predicted molar refractivity (Wildman–Crippen MR) is 87.6 cm³/mol. The first kappa shape index (κ1) is 15.5. The standard InChI is InChI=1S/C15H25BrN2S/c1-4-13(17)15(14-8-12(16)9-19-14)18-6-5-10(2)7-11(18)3/h8-11,13,15H,4-7,17H2,1-3H3. The van der Waals surface area contributed by atoms with E-state index in [0.29, 0.717) is 12.1 Å². The van der Waals surface area contributed by atoms with E-state index in [-0.39, 0.29) is 6.04 Å². The molecule has 0 amide bonds. The Labute approximate surface area is 129 Å². The molecule has 2 nitrogen and oxygen atoms in total. The summed E-state index contributed by atoms with van der Waals surface area (Å²) in [4.78, 5) is 4.04. The van der Waals surface area contributed by atoms with E-state index < -0.39 is 0 Å². The molecule has 108 valence electrons. The van der Waals surface area contributed by atoms with Crippen molar-refractivity contribution in [1.29, 1.82) is 0 Å². The van der Waals surface area contributed by atoms with Gasteiger partial charge in [-0.2, -0.15) is 0 Å². The van der Waals surface area contributed by atoms with Crippen molar-refractivity contribution in [2.75, 3.05) is 6.54 Å². The molecule has 4 unspecified atom stereocenters. The van der Waals surface area contributed by atoms with Crippen LogP contribution in [0.15, 0.2) is 15.9 Å². The van der Waals surface area contributed by atoms with E-state index in [1.807, 2.05) is 11.3 Å². The molecule has 2 heterocycles. The van der Waals surface area contributed by atoms with Crippen molar-refractivity contribution in [2.24, 2.45) is 11.7 Å². The van der Waals surface area contributed by atoms with Crippen LogP contribution in [0.5, 0.6) is 0 Å². The summed E-state index contributed by atoms with van der Waals surface area (Å²) in [5, 5.41) is 2.17. The van der Waals surface area contributed by atoms with Gasteiger partial charge in [0.25, 0.3) is 0 Å². The third-order valence-electron chi connectivity index (χ3n) is 4.30. The second-order valence-corrected chi connectivity index (χ2v) is 7.76. The summed E-state index contributed by atoms with van der Waals surface area (Å²) < 4.78 is 1.18. The number of hydrogen-bond acceptors (Lipinski definition) is 3. The average molecular weight is 345 g/mol. The largest absolute Gasteiger partial charge is 0.326 e. The molecule has 0 aromatic carbocycles. The van der Waals surface area contributed by atoms with Gasteiger partial charge in [0, 0.05) is 26.8 Å². The Morgan fingerprint density at radius 2 is 2.26 bits per heavy atom. The van der Waals surface area contributed by atoms with Gasteiger partial charge in [-0.3, -0.25) is 4.90 Å². The Balaban J connectivity index is 2.22. The molecule has 1 saturated heterocycles. The summed E-state index contributed by atoms with van der Waals surface area (Å²) in [6.07, 6.45) is 3.61. The fraction of sp³-hybridized carbons (Fsp3) is 0.733. The van der Waals surface area contributed by atoms with Crippen LogP contribution in [0.1, 0.15) is 51.0 Å². The van der Waals surface area contributed by atoms with Crippen molar-refractivity contribution < 1.29 is 0 Å². The number of nitrogens with zero attached hydrogens (tertiary/aromatic N) is 1. The van der Waals surface area contributed by atoms with Crippen LogP contribution in [-0.4, -0.2) is 23.5 Å². The summed E-state index contributed by atoms with van der Waals surface area (Å²) >= 11 is 5.40. The van der Waals surface area contributed by atoms with Gasteiger partial charge in [0.15, 0.2) is 0 Å². The van der Waals surface area contributed by atoms with Crippen LogP contribution in [0, 0.1) is 5.92 Å². The highest BCUT2D eigenvalue weighted by molar-refractivity contribution is 9.10. The highest BCUT2D eigenvalue weighted by Crippen LogP contribution is 2.36. The Bertz CT molecular complexity index is 407.